The summed E-state index contributed by atoms with van der Waals surface area (Å²) in [6.07, 6.45) is 0. The first-order valence-corrected chi connectivity index (χ1v) is 11.6. The van der Waals surface area contributed by atoms with Crippen molar-refractivity contribution in [1.29, 1.82) is 0 Å². The van der Waals surface area contributed by atoms with Crippen molar-refractivity contribution in [1.82, 2.24) is 4.98 Å². The van der Waals surface area contributed by atoms with E-state index in [2.05, 4.69) is 4.98 Å². The van der Waals surface area contributed by atoms with E-state index in [1.807, 2.05) is 0 Å². The highest BCUT2D eigenvalue weighted by Gasteiger charge is 2.49. The monoisotopic (exact) mass is 510 g/mol. The van der Waals surface area contributed by atoms with Gasteiger partial charge in [-0.15, -0.1) is 0 Å². The molecule has 1 fully saturated rings. The fourth-order valence-electron chi connectivity index (χ4n) is 4.13. The second-order valence-corrected chi connectivity index (χ2v) is 8.93. The van der Waals surface area contributed by atoms with Gasteiger partial charge in [-0.3, -0.25) is 14.5 Å². The normalized spacial score (nSPS) is 18.4. The third kappa shape index (κ3) is 3.77. The highest BCUT2D eigenvalue weighted by molar-refractivity contribution is 7.17. The minimum atomic E-state index is -1.34. The molecular formula is C25H19FN2O7S. The molecule has 1 saturated heterocycles. The van der Waals surface area contributed by atoms with E-state index < -0.39 is 35.3 Å². The second-order valence-electron chi connectivity index (χ2n) is 7.95. The molecule has 0 aliphatic carbocycles. The molecule has 9 nitrogen and oxygen atoms in total. The van der Waals surface area contributed by atoms with E-state index in [-0.39, 0.29) is 32.4 Å². The van der Waals surface area contributed by atoms with Gasteiger partial charge in [0.1, 0.15) is 35.7 Å². The summed E-state index contributed by atoms with van der Waals surface area (Å²) in [6, 6.07) is 8.85. The first-order chi connectivity index (χ1) is 17.3. The van der Waals surface area contributed by atoms with Crippen LogP contribution in [0.3, 0.4) is 0 Å². The Hall–Kier alpha value is -4.25. The third-order valence-electron chi connectivity index (χ3n) is 5.82. The summed E-state index contributed by atoms with van der Waals surface area (Å²) < 4.78 is 30.9. The highest BCUT2D eigenvalue weighted by Crippen LogP contribution is 2.45. The zero-order chi connectivity index (χ0) is 25.6. The smallest absolute Gasteiger partial charge is 0.350 e. The van der Waals surface area contributed by atoms with E-state index >= 15 is 4.39 Å². The molecule has 0 radical (unpaired) electrons. The van der Waals surface area contributed by atoms with Gasteiger partial charge in [-0.2, -0.15) is 0 Å². The van der Waals surface area contributed by atoms with Crippen LogP contribution in [0.15, 0.2) is 48.0 Å². The molecule has 36 heavy (non-hydrogen) atoms. The number of aliphatic hydroxyl groups excluding tert-OH is 1. The number of benzene rings is 2. The van der Waals surface area contributed by atoms with Crippen LogP contribution in [0, 0.1) is 12.7 Å². The molecule has 0 spiro atoms. The average molecular weight is 510 g/mol. The van der Waals surface area contributed by atoms with Gasteiger partial charge in [0.2, 0.25) is 0 Å². The lowest BCUT2D eigenvalue weighted by Crippen LogP contribution is -2.29. The van der Waals surface area contributed by atoms with E-state index in [9.17, 15) is 19.5 Å². The van der Waals surface area contributed by atoms with Crippen LogP contribution in [0.4, 0.5) is 9.52 Å². The van der Waals surface area contributed by atoms with Gasteiger partial charge in [0, 0.05) is 11.1 Å². The van der Waals surface area contributed by atoms with Crippen LogP contribution < -0.4 is 14.4 Å². The van der Waals surface area contributed by atoms with Gasteiger partial charge in [0.15, 0.2) is 16.6 Å². The van der Waals surface area contributed by atoms with Crippen molar-refractivity contribution in [2.45, 2.75) is 13.0 Å². The zero-order valence-electron chi connectivity index (χ0n) is 19.1. The molecule has 5 rings (SSSR count). The summed E-state index contributed by atoms with van der Waals surface area (Å²) >= 11 is 0.832. The van der Waals surface area contributed by atoms with Crippen molar-refractivity contribution >= 4 is 39.9 Å². The molecule has 1 N–H and O–H groups in total. The van der Waals surface area contributed by atoms with E-state index in [1.165, 1.54) is 37.4 Å². The first-order valence-electron chi connectivity index (χ1n) is 10.8. The van der Waals surface area contributed by atoms with Crippen LogP contribution in [0.2, 0.25) is 0 Å². The predicted molar refractivity (Wildman–Crippen MR) is 127 cm³/mol. The van der Waals surface area contributed by atoms with Crippen molar-refractivity contribution in [2.75, 3.05) is 25.2 Å². The number of aliphatic hydroxyl groups is 1. The van der Waals surface area contributed by atoms with Gasteiger partial charge in [-0.25, -0.2) is 14.2 Å². The quantitative estimate of drug-likeness (QED) is 0.244. The Labute approximate surface area is 208 Å². The predicted octanol–water partition coefficient (Wildman–Crippen LogP) is 3.77. The van der Waals surface area contributed by atoms with Gasteiger partial charge in [0.25, 0.3) is 5.78 Å². The largest absolute Gasteiger partial charge is 0.507 e. The van der Waals surface area contributed by atoms with Crippen molar-refractivity contribution in [2.24, 2.45) is 0 Å². The van der Waals surface area contributed by atoms with Crippen LogP contribution in [0.5, 0.6) is 11.5 Å². The number of amides is 1. The number of ketones is 1. The van der Waals surface area contributed by atoms with E-state index in [4.69, 9.17) is 14.2 Å². The maximum absolute atomic E-state index is 15.0. The molecule has 2 aliphatic heterocycles. The number of carbonyl (C=O) groups is 3. The van der Waals surface area contributed by atoms with E-state index in [0.717, 1.165) is 16.2 Å². The summed E-state index contributed by atoms with van der Waals surface area (Å²) in [5.41, 5.74) is 0.115. The number of hydrogen-bond donors (Lipinski definition) is 1. The number of halogens is 1. The minimum Gasteiger partial charge on any atom is -0.507 e. The summed E-state index contributed by atoms with van der Waals surface area (Å²) in [5, 5.41) is 11.2. The lowest BCUT2D eigenvalue weighted by Gasteiger charge is -2.23. The Morgan fingerprint density at radius 2 is 1.89 bits per heavy atom. The molecule has 3 heterocycles. The molecule has 2 aromatic carbocycles. The van der Waals surface area contributed by atoms with Crippen molar-refractivity contribution in [3.63, 3.8) is 0 Å². The van der Waals surface area contributed by atoms with Crippen LogP contribution in [0.25, 0.3) is 5.76 Å². The molecule has 184 valence electrons. The number of anilines is 1. The molecule has 0 saturated carbocycles. The number of aryl methyl sites for hydroxylation is 1. The van der Waals surface area contributed by atoms with Gasteiger partial charge in [-0.05, 0) is 31.2 Å². The second kappa shape index (κ2) is 9.08. The summed E-state index contributed by atoms with van der Waals surface area (Å²) in [7, 11) is 1.21. The van der Waals surface area contributed by atoms with E-state index in [1.54, 1.807) is 19.1 Å². The molecular weight excluding hydrogens is 491 g/mol. The van der Waals surface area contributed by atoms with Gasteiger partial charge < -0.3 is 19.3 Å². The number of esters is 1. The number of nitrogens with zero attached hydrogens (tertiary/aromatic N) is 2. The summed E-state index contributed by atoms with van der Waals surface area (Å²) in [4.78, 5) is 44.1. The molecule has 1 atom stereocenters. The fraction of sp³-hybridized carbons (Fsp3) is 0.200. The topological polar surface area (TPSA) is 115 Å². The maximum Gasteiger partial charge on any atom is 0.350 e. The number of carbonyl (C=O) groups excluding carboxylic acids is 3. The molecule has 3 aromatic rings. The number of thiazole rings is 1. The van der Waals surface area contributed by atoms with Gasteiger partial charge in [-0.1, -0.05) is 29.5 Å². The minimum absolute atomic E-state index is 0.00974. The van der Waals surface area contributed by atoms with Gasteiger partial charge >= 0.3 is 11.9 Å². The SMILES string of the molecule is COC(=O)c1sc(N2C(=O)C(=O)/C(=C(/O)c3ccc4c(c3)OCCO4)[C@H]2c2ccccc2F)nc1C. The molecule has 0 unspecified atom stereocenters. The van der Waals surface area contributed by atoms with Crippen LogP contribution in [0.1, 0.15) is 32.5 Å². The van der Waals surface area contributed by atoms with Crippen LogP contribution in [-0.2, 0) is 14.3 Å². The number of ether oxygens (including phenoxy) is 3. The fourth-order valence-corrected chi connectivity index (χ4v) is 5.15. The third-order valence-corrected chi connectivity index (χ3v) is 6.96. The van der Waals surface area contributed by atoms with Gasteiger partial charge in [0.05, 0.1) is 18.4 Å². The lowest BCUT2D eigenvalue weighted by molar-refractivity contribution is -0.132. The van der Waals surface area contributed by atoms with Crippen LogP contribution in [-0.4, -0.2) is 48.1 Å². The molecule has 1 aromatic heterocycles. The molecule has 0 bridgehead atoms. The number of rotatable bonds is 4. The van der Waals surface area contributed by atoms with Crippen molar-refractivity contribution < 1.29 is 38.1 Å². The number of fused-ring (bicyclic) bond motifs is 1. The number of aromatic nitrogens is 1. The van der Waals surface area contributed by atoms with Crippen molar-refractivity contribution in [3.05, 3.63) is 75.6 Å². The Morgan fingerprint density at radius 3 is 2.61 bits per heavy atom. The Balaban J connectivity index is 1.70. The molecule has 1 amide bonds. The standard InChI is InChI=1S/C25H19FN2O7S/c1-12-22(24(32)33-2)36-25(27-12)28-19(14-5-3-4-6-15(14)26)18(21(30)23(28)31)20(29)13-7-8-16-17(11-13)35-10-9-34-16/h3-8,11,19,29H,9-10H2,1-2H3/b20-18+/t19-/m1/s1. The van der Waals surface area contributed by atoms with E-state index in [0.29, 0.717) is 24.7 Å². The molecule has 2 aliphatic rings. The summed E-state index contributed by atoms with van der Waals surface area (Å²) in [5.74, 6) is -3.08. The average Bonchev–Trinajstić information content (AvgIpc) is 3.39. The molecule has 11 heteroatoms. The Morgan fingerprint density at radius 1 is 1.17 bits per heavy atom. The Bertz CT molecular complexity index is 1450. The number of Topliss-reactive ketones (excluding diaryl/α,β-unsaturated/α-hetero) is 1. The van der Waals surface area contributed by atoms with Crippen LogP contribution >= 0.6 is 11.3 Å². The summed E-state index contributed by atoms with van der Waals surface area (Å²) in [6.45, 7) is 2.23. The maximum atomic E-state index is 15.0. The van der Waals surface area contributed by atoms with Crippen molar-refractivity contribution in [3.8, 4) is 11.5 Å². The number of hydrogen-bond acceptors (Lipinski definition) is 9. The zero-order valence-corrected chi connectivity index (χ0v) is 19.9. The Kier molecular flexibility index (Phi) is 5.92. The lowest BCUT2D eigenvalue weighted by atomic mass is 9.95. The number of methoxy groups -OCH3 is 1. The first kappa shape index (κ1) is 23.5. The highest BCUT2D eigenvalue weighted by atomic mass is 32.1.